The fourth-order valence-corrected chi connectivity index (χ4v) is 5.81. The Morgan fingerprint density at radius 1 is 0.950 bits per heavy atom. The van der Waals surface area contributed by atoms with Crippen LogP contribution in [0.4, 0.5) is 13.2 Å². The first-order chi connectivity index (χ1) is 9.41. The SMILES string of the molecule is CC1CCC(C2CC3CCC(F)C(P)C3C2(F)F)CC1. The van der Waals surface area contributed by atoms with Crippen molar-refractivity contribution in [3.05, 3.63) is 0 Å². The minimum Gasteiger partial charge on any atom is -0.247 e. The summed E-state index contributed by atoms with van der Waals surface area (Å²) in [6, 6.07) is 0. The molecule has 0 bridgehead atoms. The molecule has 116 valence electrons. The molecule has 0 radical (unpaired) electrons. The molecule has 0 aromatic rings. The van der Waals surface area contributed by atoms with Crippen molar-refractivity contribution in [2.24, 2.45) is 29.6 Å². The standard InChI is InChI=1S/C16H26F3P/c1-9-2-4-10(5-3-9)12-8-11-6-7-13(17)15(20)14(11)16(12,18)19/h9-15H,2-8,20H2,1H3. The van der Waals surface area contributed by atoms with Crippen LogP contribution in [-0.4, -0.2) is 17.8 Å². The van der Waals surface area contributed by atoms with E-state index in [0.717, 1.165) is 25.7 Å². The molecular weight excluding hydrogens is 280 g/mol. The summed E-state index contributed by atoms with van der Waals surface area (Å²) in [7, 11) is 2.39. The van der Waals surface area contributed by atoms with Crippen LogP contribution in [0.3, 0.4) is 0 Å². The lowest BCUT2D eigenvalue weighted by Gasteiger charge is -2.38. The van der Waals surface area contributed by atoms with Gasteiger partial charge in [0.2, 0.25) is 0 Å². The van der Waals surface area contributed by atoms with Gasteiger partial charge in [0, 0.05) is 17.5 Å². The van der Waals surface area contributed by atoms with Crippen molar-refractivity contribution >= 4 is 9.24 Å². The Morgan fingerprint density at radius 3 is 2.20 bits per heavy atom. The smallest absolute Gasteiger partial charge is 0.247 e. The van der Waals surface area contributed by atoms with Gasteiger partial charge in [0.1, 0.15) is 6.17 Å². The number of hydrogen-bond donors (Lipinski definition) is 0. The molecular formula is C16H26F3P. The Labute approximate surface area is 122 Å². The number of alkyl halides is 3. The number of fused-ring (bicyclic) bond motifs is 1. The summed E-state index contributed by atoms with van der Waals surface area (Å²) in [5, 5.41) is 0. The lowest BCUT2D eigenvalue weighted by atomic mass is 9.74. The van der Waals surface area contributed by atoms with E-state index >= 15 is 0 Å². The van der Waals surface area contributed by atoms with E-state index in [1.54, 1.807) is 0 Å². The maximum Gasteiger partial charge on any atom is 0.254 e. The first kappa shape index (κ1) is 15.1. The molecule has 6 unspecified atom stereocenters. The van der Waals surface area contributed by atoms with Gasteiger partial charge < -0.3 is 0 Å². The van der Waals surface area contributed by atoms with E-state index in [1.165, 1.54) is 0 Å². The lowest BCUT2D eigenvalue weighted by molar-refractivity contribution is -0.111. The maximum absolute atomic E-state index is 14.9. The second-order valence-electron chi connectivity index (χ2n) is 7.49. The van der Waals surface area contributed by atoms with Crippen LogP contribution >= 0.6 is 9.24 Å². The molecule has 3 rings (SSSR count). The molecule has 0 amide bonds. The van der Waals surface area contributed by atoms with Gasteiger partial charge in [-0.05, 0) is 49.9 Å². The van der Waals surface area contributed by atoms with Gasteiger partial charge in [-0.15, -0.1) is 9.24 Å². The number of halogens is 3. The lowest BCUT2D eigenvalue weighted by Crippen LogP contribution is -2.45. The van der Waals surface area contributed by atoms with Crippen LogP contribution in [-0.2, 0) is 0 Å². The highest BCUT2D eigenvalue weighted by atomic mass is 31.0. The minimum absolute atomic E-state index is 0.0452. The van der Waals surface area contributed by atoms with Crippen LogP contribution in [0.15, 0.2) is 0 Å². The molecule has 0 aliphatic heterocycles. The monoisotopic (exact) mass is 306 g/mol. The Kier molecular flexibility index (Phi) is 4.12. The van der Waals surface area contributed by atoms with E-state index in [9.17, 15) is 13.2 Å². The summed E-state index contributed by atoms with van der Waals surface area (Å²) in [4.78, 5) is 0. The zero-order chi connectivity index (χ0) is 14.5. The van der Waals surface area contributed by atoms with E-state index in [2.05, 4.69) is 16.2 Å². The highest BCUT2D eigenvalue weighted by Gasteiger charge is 2.62. The summed E-state index contributed by atoms with van der Waals surface area (Å²) < 4.78 is 43.6. The van der Waals surface area contributed by atoms with Crippen molar-refractivity contribution in [3.8, 4) is 0 Å². The maximum atomic E-state index is 14.9. The molecule has 0 aromatic carbocycles. The van der Waals surface area contributed by atoms with Crippen LogP contribution in [0.2, 0.25) is 0 Å². The van der Waals surface area contributed by atoms with Crippen LogP contribution in [0.25, 0.3) is 0 Å². The zero-order valence-electron chi connectivity index (χ0n) is 12.2. The van der Waals surface area contributed by atoms with Gasteiger partial charge in [-0.1, -0.05) is 19.8 Å². The van der Waals surface area contributed by atoms with Crippen molar-refractivity contribution in [1.29, 1.82) is 0 Å². The molecule has 3 aliphatic rings. The van der Waals surface area contributed by atoms with Crippen molar-refractivity contribution in [1.82, 2.24) is 0 Å². The Balaban J connectivity index is 1.77. The van der Waals surface area contributed by atoms with E-state index in [-0.39, 0.29) is 11.8 Å². The van der Waals surface area contributed by atoms with Gasteiger partial charge in [-0.3, -0.25) is 0 Å². The van der Waals surface area contributed by atoms with E-state index in [1.807, 2.05) is 0 Å². The average Bonchev–Trinajstić information content (AvgIpc) is 2.67. The van der Waals surface area contributed by atoms with Gasteiger partial charge in [0.25, 0.3) is 5.92 Å². The summed E-state index contributed by atoms with van der Waals surface area (Å²) in [6.07, 6.45) is 4.77. The van der Waals surface area contributed by atoms with Crippen molar-refractivity contribution in [2.45, 2.75) is 69.6 Å². The van der Waals surface area contributed by atoms with Crippen molar-refractivity contribution < 1.29 is 13.2 Å². The minimum atomic E-state index is -2.66. The molecule has 0 nitrogen and oxygen atoms in total. The molecule has 0 heterocycles. The van der Waals surface area contributed by atoms with Gasteiger partial charge in [0.15, 0.2) is 0 Å². The molecule has 3 saturated carbocycles. The van der Waals surface area contributed by atoms with Gasteiger partial charge in [-0.25, -0.2) is 13.2 Å². The zero-order valence-corrected chi connectivity index (χ0v) is 13.4. The van der Waals surface area contributed by atoms with Crippen LogP contribution in [0, 0.1) is 29.6 Å². The molecule has 3 aliphatic carbocycles. The Hall–Kier alpha value is 0.220. The van der Waals surface area contributed by atoms with Gasteiger partial charge in [0.05, 0.1) is 0 Å². The molecule has 4 heteroatoms. The molecule has 0 saturated heterocycles. The second-order valence-corrected chi connectivity index (χ2v) is 8.26. The Bertz CT molecular complexity index is 352. The molecule has 0 aromatic heterocycles. The number of hydrogen-bond acceptors (Lipinski definition) is 0. The van der Waals surface area contributed by atoms with Crippen LogP contribution in [0.5, 0.6) is 0 Å². The molecule has 0 N–H and O–H groups in total. The molecule has 20 heavy (non-hydrogen) atoms. The fraction of sp³-hybridized carbons (Fsp3) is 1.00. The summed E-state index contributed by atoms with van der Waals surface area (Å²) in [5.41, 5.74) is -0.545. The fourth-order valence-electron chi connectivity index (χ4n) is 5.05. The quantitative estimate of drug-likeness (QED) is 0.593. The van der Waals surface area contributed by atoms with E-state index < -0.39 is 29.6 Å². The highest BCUT2D eigenvalue weighted by Crippen LogP contribution is 2.60. The highest BCUT2D eigenvalue weighted by molar-refractivity contribution is 7.17. The predicted octanol–water partition coefficient (Wildman–Crippen LogP) is 5.08. The van der Waals surface area contributed by atoms with Crippen molar-refractivity contribution in [3.63, 3.8) is 0 Å². The normalized spacial score (nSPS) is 51.8. The van der Waals surface area contributed by atoms with E-state index in [4.69, 9.17) is 0 Å². The third-order valence-electron chi connectivity index (χ3n) is 6.28. The van der Waals surface area contributed by atoms with Gasteiger partial charge in [-0.2, -0.15) is 0 Å². The van der Waals surface area contributed by atoms with Gasteiger partial charge >= 0.3 is 0 Å². The average molecular weight is 306 g/mol. The second kappa shape index (κ2) is 5.45. The van der Waals surface area contributed by atoms with Crippen molar-refractivity contribution in [2.75, 3.05) is 0 Å². The topological polar surface area (TPSA) is 0 Å². The Morgan fingerprint density at radius 2 is 1.55 bits per heavy atom. The van der Waals surface area contributed by atoms with Crippen LogP contribution in [0.1, 0.15) is 51.9 Å². The van der Waals surface area contributed by atoms with Crippen LogP contribution < -0.4 is 0 Å². The molecule has 6 atom stereocenters. The number of rotatable bonds is 1. The molecule has 3 fully saturated rings. The summed E-state index contributed by atoms with van der Waals surface area (Å²) in [5.74, 6) is -2.98. The van der Waals surface area contributed by atoms with E-state index in [0.29, 0.717) is 25.2 Å². The summed E-state index contributed by atoms with van der Waals surface area (Å²) >= 11 is 0. The summed E-state index contributed by atoms with van der Waals surface area (Å²) in [6.45, 7) is 2.22. The third-order valence-corrected chi connectivity index (χ3v) is 7.11. The third kappa shape index (κ3) is 2.42. The first-order valence-electron chi connectivity index (χ1n) is 8.18. The predicted molar refractivity (Wildman–Crippen MR) is 78.8 cm³/mol. The first-order valence-corrected chi connectivity index (χ1v) is 8.85. The molecule has 0 spiro atoms. The largest absolute Gasteiger partial charge is 0.254 e.